The third-order valence-electron chi connectivity index (χ3n) is 2.64. The lowest BCUT2D eigenvalue weighted by Gasteiger charge is -2.16. The molecule has 3 nitrogen and oxygen atoms in total. The highest BCUT2D eigenvalue weighted by molar-refractivity contribution is 6.30. The minimum Gasteiger partial charge on any atom is -0.461 e. The number of esters is 1. The summed E-state index contributed by atoms with van der Waals surface area (Å²) < 4.78 is 5.26. The van der Waals surface area contributed by atoms with Crippen LogP contribution in [0.1, 0.15) is 25.8 Å². The van der Waals surface area contributed by atoms with Crippen molar-refractivity contribution in [1.29, 1.82) is 0 Å². The summed E-state index contributed by atoms with van der Waals surface area (Å²) in [5, 5.41) is 0.640. The van der Waals surface area contributed by atoms with E-state index in [4.69, 9.17) is 22.1 Å². The predicted molar refractivity (Wildman–Crippen MR) is 73.2 cm³/mol. The quantitative estimate of drug-likeness (QED) is 0.808. The first-order valence-corrected chi connectivity index (χ1v) is 6.52. The molecule has 0 saturated heterocycles. The zero-order valence-corrected chi connectivity index (χ0v) is 11.6. The minimum absolute atomic E-state index is 0.218. The van der Waals surface area contributed by atoms with Gasteiger partial charge >= 0.3 is 5.97 Å². The van der Waals surface area contributed by atoms with E-state index in [1.807, 2.05) is 12.1 Å². The fourth-order valence-electron chi connectivity index (χ4n) is 1.76. The topological polar surface area (TPSA) is 52.3 Å². The van der Waals surface area contributed by atoms with Crippen LogP contribution in [0.2, 0.25) is 5.02 Å². The van der Waals surface area contributed by atoms with Crippen LogP contribution in [0.5, 0.6) is 0 Å². The SMILES string of the molecule is CC(C)CC(CN)C(=O)OCc1cccc(Cl)c1. The van der Waals surface area contributed by atoms with E-state index in [0.717, 1.165) is 12.0 Å². The molecule has 1 aromatic carbocycles. The minimum atomic E-state index is -0.230. The second kappa shape index (κ2) is 7.39. The number of halogens is 1. The third-order valence-corrected chi connectivity index (χ3v) is 2.88. The summed E-state index contributed by atoms with van der Waals surface area (Å²) in [5.74, 6) is -0.0207. The van der Waals surface area contributed by atoms with Crippen LogP contribution < -0.4 is 5.73 Å². The van der Waals surface area contributed by atoms with Crippen LogP contribution in [0.15, 0.2) is 24.3 Å². The maximum absolute atomic E-state index is 11.8. The Morgan fingerprint density at radius 2 is 2.17 bits per heavy atom. The molecule has 0 fully saturated rings. The molecule has 0 amide bonds. The lowest BCUT2D eigenvalue weighted by atomic mass is 9.97. The summed E-state index contributed by atoms with van der Waals surface area (Å²) in [5.41, 5.74) is 6.48. The molecule has 1 aromatic rings. The molecule has 0 heterocycles. The monoisotopic (exact) mass is 269 g/mol. The van der Waals surface area contributed by atoms with Gasteiger partial charge in [0.05, 0.1) is 5.92 Å². The summed E-state index contributed by atoms with van der Waals surface area (Å²) in [4.78, 5) is 11.8. The van der Waals surface area contributed by atoms with Crippen molar-refractivity contribution in [1.82, 2.24) is 0 Å². The summed E-state index contributed by atoms with van der Waals surface area (Å²) in [6.45, 7) is 4.69. The number of nitrogens with two attached hydrogens (primary N) is 1. The van der Waals surface area contributed by atoms with Gasteiger partial charge in [0.1, 0.15) is 6.61 Å². The standard InChI is InChI=1S/C14H20ClNO2/c1-10(2)6-12(8-16)14(17)18-9-11-4-3-5-13(15)7-11/h3-5,7,10,12H,6,8-9,16H2,1-2H3. The number of carbonyl (C=O) groups is 1. The fourth-order valence-corrected chi connectivity index (χ4v) is 1.97. The van der Waals surface area contributed by atoms with Crippen LogP contribution in [-0.2, 0) is 16.1 Å². The Morgan fingerprint density at radius 3 is 2.72 bits per heavy atom. The van der Waals surface area contributed by atoms with Gasteiger partial charge in [0.2, 0.25) is 0 Å². The molecule has 4 heteroatoms. The van der Waals surface area contributed by atoms with Gasteiger partial charge < -0.3 is 10.5 Å². The number of benzene rings is 1. The van der Waals surface area contributed by atoms with E-state index in [9.17, 15) is 4.79 Å². The molecule has 100 valence electrons. The molecule has 0 saturated carbocycles. The highest BCUT2D eigenvalue weighted by atomic mass is 35.5. The van der Waals surface area contributed by atoms with Crippen LogP contribution in [0.3, 0.4) is 0 Å². The van der Waals surface area contributed by atoms with Crippen molar-refractivity contribution in [2.45, 2.75) is 26.9 Å². The van der Waals surface area contributed by atoms with Crippen molar-refractivity contribution in [2.24, 2.45) is 17.6 Å². The zero-order chi connectivity index (χ0) is 13.5. The Kier molecular flexibility index (Phi) is 6.16. The van der Waals surface area contributed by atoms with Crippen molar-refractivity contribution >= 4 is 17.6 Å². The molecule has 0 aliphatic heterocycles. The molecule has 0 aliphatic carbocycles. The van der Waals surface area contributed by atoms with Crippen molar-refractivity contribution in [3.63, 3.8) is 0 Å². The largest absolute Gasteiger partial charge is 0.461 e. The zero-order valence-electron chi connectivity index (χ0n) is 10.9. The average Bonchev–Trinajstić information content (AvgIpc) is 2.33. The van der Waals surface area contributed by atoms with Crippen LogP contribution in [0, 0.1) is 11.8 Å². The molecular weight excluding hydrogens is 250 g/mol. The Hall–Kier alpha value is -1.06. The van der Waals surface area contributed by atoms with Crippen molar-refractivity contribution in [2.75, 3.05) is 6.54 Å². The highest BCUT2D eigenvalue weighted by Gasteiger charge is 2.19. The molecule has 0 spiro atoms. The molecule has 18 heavy (non-hydrogen) atoms. The number of rotatable bonds is 6. The van der Waals surface area contributed by atoms with Crippen LogP contribution in [-0.4, -0.2) is 12.5 Å². The van der Waals surface area contributed by atoms with Gasteiger partial charge in [-0.3, -0.25) is 4.79 Å². The van der Waals surface area contributed by atoms with E-state index < -0.39 is 0 Å². The molecule has 0 aliphatic rings. The van der Waals surface area contributed by atoms with Crippen molar-refractivity contribution in [3.8, 4) is 0 Å². The molecule has 1 rings (SSSR count). The van der Waals surface area contributed by atoms with Gasteiger partial charge in [0.25, 0.3) is 0 Å². The van der Waals surface area contributed by atoms with E-state index in [1.165, 1.54) is 0 Å². The summed E-state index contributed by atoms with van der Waals surface area (Å²) in [6.07, 6.45) is 0.755. The smallest absolute Gasteiger partial charge is 0.310 e. The van der Waals surface area contributed by atoms with Gasteiger partial charge in [0, 0.05) is 11.6 Å². The first kappa shape index (κ1) is 15.0. The molecule has 0 radical (unpaired) electrons. The van der Waals surface area contributed by atoms with Crippen LogP contribution >= 0.6 is 11.6 Å². The molecule has 1 unspecified atom stereocenters. The normalized spacial score (nSPS) is 12.5. The maximum atomic E-state index is 11.8. The van der Waals surface area contributed by atoms with E-state index in [1.54, 1.807) is 12.1 Å². The van der Waals surface area contributed by atoms with E-state index in [0.29, 0.717) is 17.5 Å². The fraction of sp³-hybridized carbons (Fsp3) is 0.500. The molecule has 1 atom stereocenters. The number of hydrogen-bond donors (Lipinski definition) is 1. The Labute approximate surface area is 113 Å². The Bertz CT molecular complexity index is 393. The molecular formula is C14H20ClNO2. The summed E-state index contributed by atoms with van der Waals surface area (Å²) in [7, 11) is 0. The van der Waals surface area contributed by atoms with E-state index in [2.05, 4.69) is 13.8 Å². The van der Waals surface area contributed by atoms with Gasteiger partial charge in [-0.15, -0.1) is 0 Å². The molecule has 2 N–H and O–H groups in total. The van der Waals surface area contributed by atoms with Gasteiger partial charge in [-0.05, 0) is 30.0 Å². The predicted octanol–water partition coefficient (Wildman–Crippen LogP) is 3.00. The average molecular weight is 270 g/mol. The molecule has 0 aromatic heterocycles. The second-order valence-corrected chi connectivity index (χ2v) is 5.24. The number of ether oxygens (including phenoxy) is 1. The Morgan fingerprint density at radius 1 is 1.44 bits per heavy atom. The maximum Gasteiger partial charge on any atom is 0.310 e. The molecule has 0 bridgehead atoms. The van der Waals surface area contributed by atoms with Crippen LogP contribution in [0.25, 0.3) is 0 Å². The lowest BCUT2D eigenvalue weighted by Crippen LogP contribution is -2.27. The van der Waals surface area contributed by atoms with E-state index in [-0.39, 0.29) is 18.5 Å². The first-order chi connectivity index (χ1) is 8.52. The summed E-state index contributed by atoms with van der Waals surface area (Å²) >= 11 is 5.86. The summed E-state index contributed by atoms with van der Waals surface area (Å²) in [6, 6.07) is 7.28. The highest BCUT2D eigenvalue weighted by Crippen LogP contribution is 2.15. The van der Waals surface area contributed by atoms with Gasteiger partial charge in [-0.1, -0.05) is 37.6 Å². The van der Waals surface area contributed by atoms with E-state index >= 15 is 0 Å². The lowest BCUT2D eigenvalue weighted by molar-refractivity contribution is -0.150. The van der Waals surface area contributed by atoms with Gasteiger partial charge in [-0.2, -0.15) is 0 Å². The van der Waals surface area contributed by atoms with Gasteiger partial charge in [0.15, 0.2) is 0 Å². The van der Waals surface area contributed by atoms with Gasteiger partial charge in [-0.25, -0.2) is 0 Å². The number of carbonyl (C=O) groups excluding carboxylic acids is 1. The number of hydrogen-bond acceptors (Lipinski definition) is 3. The van der Waals surface area contributed by atoms with Crippen LogP contribution in [0.4, 0.5) is 0 Å². The third kappa shape index (κ3) is 5.07. The Balaban J connectivity index is 2.49. The van der Waals surface area contributed by atoms with Crippen molar-refractivity contribution < 1.29 is 9.53 Å². The van der Waals surface area contributed by atoms with Crippen molar-refractivity contribution in [3.05, 3.63) is 34.9 Å². The second-order valence-electron chi connectivity index (χ2n) is 4.80. The first-order valence-electron chi connectivity index (χ1n) is 6.14.